The number of aromatic nitrogens is 2. The number of methoxy groups -OCH3 is 1. The van der Waals surface area contributed by atoms with Gasteiger partial charge in [0.05, 0.1) is 12.6 Å². The molecule has 74 valence electrons. The molecule has 0 radical (unpaired) electrons. The molecule has 0 spiro atoms. The minimum atomic E-state index is -0.304. The first-order valence-corrected chi connectivity index (χ1v) is 4.23. The Morgan fingerprint density at radius 3 is 2.69 bits per heavy atom. The average Bonchev–Trinajstić information content (AvgIpc) is 2.52. The molecule has 0 aliphatic carbocycles. The lowest BCUT2D eigenvalue weighted by Gasteiger charge is -2.03. The molecule has 5 heteroatoms. The van der Waals surface area contributed by atoms with Crippen molar-refractivity contribution in [3.05, 3.63) is 11.7 Å². The van der Waals surface area contributed by atoms with Gasteiger partial charge in [-0.25, -0.2) is 0 Å². The van der Waals surface area contributed by atoms with Crippen molar-refractivity contribution < 1.29 is 9.26 Å². The minimum absolute atomic E-state index is 0.232. The summed E-state index contributed by atoms with van der Waals surface area (Å²) in [5.74, 6) is 1.35. The highest BCUT2D eigenvalue weighted by Crippen LogP contribution is 2.13. The van der Waals surface area contributed by atoms with Crippen LogP contribution in [0.5, 0.6) is 0 Å². The van der Waals surface area contributed by atoms with Crippen molar-refractivity contribution >= 4 is 0 Å². The van der Waals surface area contributed by atoms with Gasteiger partial charge >= 0.3 is 0 Å². The molecule has 5 nitrogen and oxygen atoms in total. The molecule has 0 fully saturated rings. The SMILES string of the molecule is COCC(N)c1noc(C(C)C)n1. The highest BCUT2D eigenvalue weighted by molar-refractivity contribution is 4.95. The predicted molar refractivity (Wildman–Crippen MR) is 47.2 cm³/mol. The van der Waals surface area contributed by atoms with Crippen LogP contribution >= 0.6 is 0 Å². The number of nitrogens with two attached hydrogens (primary N) is 1. The van der Waals surface area contributed by atoms with Crippen molar-refractivity contribution in [2.75, 3.05) is 13.7 Å². The Morgan fingerprint density at radius 2 is 2.23 bits per heavy atom. The van der Waals surface area contributed by atoms with Crippen LogP contribution in [0, 0.1) is 0 Å². The maximum atomic E-state index is 5.71. The monoisotopic (exact) mass is 185 g/mol. The summed E-state index contributed by atoms with van der Waals surface area (Å²) in [7, 11) is 1.59. The number of nitrogens with zero attached hydrogens (tertiary/aromatic N) is 2. The van der Waals surface area contributed by atoms with Gasteiger partial charge in [0.25, 0.3) is 0 Å². The van der Waals surface area contributed by atoms with Gasteiger partial charge in [-0.2, -0.15) is 4.98 Å². The molecule has 0 aromatic carbocycles. The van der Waals surface area contributed by atoms with E-state index in [1.807, 2.05) is 13.8 Å². The molecule has 0 saturated heterocycles. The van der Waals surface area contributed by atoms with E-state index >= 15 is 0 Å². The van der Waals surface area contributed by atoms with Crippen molar-refractivity contribution in [2.24, 2.45) is 5.73 Å². The second-order valence-corrected chi connectivity index (χ2v) is 3.21. The summed E-state index contributed by atoms with van der Waals surface area (Å²) in [4.78, 5) is 4.15. The largest absolute Gasteiger partial charge is 0.383 e. The summed E-state index contributed by atoms with van der Waals surface area (Å²) in [6, 6.07) is -0.304. The van der Waals surface area contributed by atoms with E-state index < -0.39 is 0 Å². The Balaban J connectivity index is 2.67. The molecule has 0 bridgehead atoms. The molecule has 1 aromatic heterocycles. The zero-order chi connectivity index (χ0) is 9.84. The lowest BCUT2D eigenvalue weighted by molar-refractivity contribution is 0.177. The fourth-order valence-corrected chi connectivity index (χ4v) is 0.886. The van der Waals surface area contributed by atoms with Gasteiger partial charge in [-0.15, -0.1) is 0 Å². The summed E-state index contributed by atoms with van der Waals surface area (Å²) in [6.07, 6.45) is 0. The van der Waals surface area contributed by atoms with Gasteiger partial charge in [-0.3, -0.25) is 0 Å². The van der Waals surface area contributed by atoms with Gasteiger partial charge in [0.2, 0.25) is 5.89 Å². The molecule has 13 heavy (non-hydrogen) atoms. The second-order valence-electron chi connectivity index (χ2n) is 3.21. The van der Waals surface area contributed by atoms with Crippen molar-refractivity contribution in [1.82, 2.24) is 10.1 Å². The van der Waals surface area contributed by atoms with E-state index in [1.54, 1.807) is 7.11 Å². The molecule has 0 amide bonds. The summed E-state index contributed by atoms with van der Waals surface area (Å²) in [5.41, 5.74) is 5.71. The Kier molecular flexibility index (Phi) is 3.39. The summed E-state index contributed by atoms with van der Waals surface area (Å²) >= 11 is 0. The van der Waals surface area contributed by atoms with Gasteiger partial charge in [-0.1, -0.05) is 19.0 Å². The quantitative estimate of drug-likeness (QED) is 0.752. The van der Waals surface area contributed by atoms with Crippen molar-refractivity contribution in [3.63, 3.8) is 0 Å². The lowest BCUT2D eigenvalue weighted by Crippen LogP contribution is -2.17. The first-order chi connectivity index (χ1) is 6.15. The number of ether oxygens (including phenoxy) is 1. The van der Waals surface area contributed by atoms with E-state index in [4.69, 9.17) is 15.0 Å². The zero-order valence-electron chi connectivity index (χ0n) is 8.15. The molecule has 0 aliphatic heterocycles. The summed E-state index contributed by atoms with van der Waals surface area (Å²) in [5, 5.41) is 3.76. The highest BCUT2D eigenvalue weighted by atomic mass is 16.5. The molecule has 2 N–H and O–H groups in total. The van der Waals surface area contributed by atoms with Crippen molar-refractivity contribution in [3.8, 4) is 0 Å². The fourth-order valence-electron chi connectivity index (χ4n) is 0.886. The van der Waals surface area contributed by atoms with Crippen molar-refractivity contribution in [1.29, 1.82) is 0 Å². The molecule has 1 unspecified atom stereocenters. The van der Waals surface area contributed by atoms with E-state index in [-0.39, 0.29) is 12.0 Å². The number of rotatable bonds is 4. The van der Waals surface area contributed by atoms with E-state index in [0.29, 0.717) is 18.3 Å². The van der Waals surface area contributed by atoms with E-state index in [2.05, 4.69) is 10.1 Å². The average molecular weight is 185 g/mol. The van der Waals surface area contributed by atoms with Gasteiger partial charge in [0, 0.05) is 13.0 Å². The second kappa shape index (κ2) is 4.34. The molecule has 1 aromatic rings. The maximum absolute atomic E-state index is 5.71. The molecule has 0 aliphatic rings. The predicted octanol–water partition coefficient (Wildman–Crippen LogP) is 0.839. The van der Waals surface area contributed by atoms with Gasteiger partial charge in [0.1, 0.15) is 0 Å². The van der Waals surface area contributed by atoms with Crippen LogP contribution in [0.2, 0.25) is 0 Å². The molecule has 1 heterocycles. The van der Waals surface area contributed by atoms with Crippen LogP contribution in [0.1, 0.15) is 37.5 Å². The number of hydrogen-bond donors (Lipinski definition) is 1. The first kappa shape index (κ1) is 10.1. The Hall–Kier alpha value is -0.940. The topological polar surface area (TPSA) is 74.2 Å². The number of hydrogen-bond acceptors (Lipinski definition) is 5. The molecular formula is C8H15N3O2. The highest BCUT2D eigenvalue weighted by Gasteiger charge is 2.15. The minimum Gasteiger partial charge on any atom is -0.383 e. The first-order valence-electron chi connectivity index (χ1n) is 4.23. The van der Waals surface area contributed by atoms with Crippen LogP contribution in [-0.2, 0) is 4.74 Å². The van der Waals surface area contributed by atoms with Gasteiger partial charge in [-0.05, 0) is 0 Å². The fraction of sp³-hybridized carbons (Fsp3) is 0.750. The van der Waals surface area contributed by atoms with Crippen LogP contribution in [0.3, 0.4) is 0 Å². The Labute approximate surface area is 77.3 Å². The van der Waals surface area contributed by atoms with Crippen LogP contribution in [-0.4, -0.2) is 23.9 Å². The van der Waals surface area contributed by atoms with Crippen LogP contribution < -0.4 is 5.73 Å². The third kappa shape index (κ3) is 2.50. The maximum Gasteiger partial charge on any atom is 0.229 e. The van der Waals surface area contributed by atoms with Gasteiger partial charge in [0.15, 0.2) is 5.82 Å². The molecular weight excluding hydrogens is 170 g/mol. The lowest BCUT2D eigenvalue weighted by atomic mass is 10.2. The van der Waals surface area contributed by atoms with Crippen LogP contribution in [0.25, 0.3) is 0 Å². The summed E-state index contributed by atoms with van der Waals surface area (Å²) in [6.45, 7) is 4.37. The summed E-state index contributed by atoms with van der Waals surface area (Å²) < 4.78 is 9.88. The van der Waals surface area contributed by atoms with Crippen LogP contribution in [0.4, 0.5) is 0 Å². The van der Waals surface area contributed by atoms with E-state index in [9.17, 15) is 0 Å². The standard InChI is InChI=1S/C8H15N3O2/c1-5(2)8-10-7(11-13-8)6(9)4-12-3/h5-6H,4,9H2,1-3H3. The van der Waals surface area contributed by atoms with E-state index in [1.165, 1.54) is 0 Å². The third-order valence-corrected chi connectivity index (χ3v) is 1.63. The zero-order valence-corrected chi connectivity index (χ0v) is 8.15. The third-order valence-electron chi connectivity index (χ3n) is 1.63. The Bertz CT molecular complexity index is 260. The van der Waals surface area contributed by atoms with E-state index in [0.717, 1.165) is 0 Å². The smallest absolute Gasteiger partial charge is 0.229 e. The van der Waals surface area contributed by atoms with Crippen molar-refractivity contribution in [2.45, 2.75) is 25.8 Å². The van der Waals surface area contributed by atoms with Gasteiger partial charge < -0.3 is 15.0 Å². The molecule has 1 rings (SSSR count). The van der Waals surface area contributed by atoms with Crippen LogP contribution in [0.15, 0.2) is 4.52 Å². The molecule has 1 atom stereocenters. The normalized spacial score (nSPS) is 13.6. The Morgan fingerprint density at radius 1 is 1.54 bits per heavy atom. The molecule has 0 saturated carbocycles.